The number of nitrogens with two attached hydrogens (primary N) is 1. The predicted molar refractivity (Wildman–Crippen MR) is 81.4 cm³/mol. The van der Waals surface area contributed by atoms with Crippen LogP contribution in [0.3, 0.4) is 0 Å². The highest BCUT2D eigenvalue weighted by molar-refractivity contribution is 6.36. The van der Waals surface area contributed by atoms with Gasteiger partial charge in [-0.05, 0) is 30.3 Å². The van der Waals surface area contributed by atoms with Crippen molar-refractivity contribution < 1.29 is 9.53 Å². The first-order valence-electron chi connectivity index (χ1n) is 5.64. The predicted octanol–water partition coefficient (Wildman–Crippen LogP) is 4.59. The SMILES string of the molecule is Nc1ccc(C(=O)OCc2c(Cl)cccc2Cl)c(Cl)c1. The summed E-state index contributed by atoms with van der Waals surface area (Å²) >= 11 is 17.9. The molecule has 0 fully saturated rings. The molecule has 2 aromatic carbocycles. The average molecular weight is 331 g/mol. The van der Waals surface area contributed by atoms with Crippen LogP contribution in [-0.2, 0) is 11.3 Å². The largest absolute Gasteiger partial charge is 0.457 e. The monoisotopic (exact) mass is 329 g/mol. The van der Waals surface area contributed by atoms with Crippen molar-refractivity contribution in [2.24, 2.45) is 0 Å². The topological polar surface area (TPSA) is 52.3 Å². The van der Waals surface area contributed by atoms with Crippen LogP contribution < -0.4 is 5.73 Å². The Bertz CT molecular complexity index is 639. The van der Waals surface area contributed by atoms with E-state index in [1.807, 2.05) is 0 Å². The van der Waals surface area contributed by atoms with Crippen molar-refractivity contribution in [3.63, 3.8) is 0 Å². The first kappa shape index (κ1) is 15.0. The summed E-state index contributed by atoms with van der Waals surface area (Å²) in [5.74, 6) is -0.564. The highest BCUT2D eigenvalue weighted by Crippen LogP contribution is 2.26. The molecule has 2 aromatic rings. The van der Waals surface area contributed by atoms with Gasteiger partial charge in [0, 0.05) is 21.3 Å². The third-order valence-corrected chi connectivity index (χ3v) is 3.64. The molecule has 0 amide bonds. The van der Waals surface area contributed by atoms with Crippen LogP contribution in [0.5, 0.6) is 0 Å². The van der Waals surface area contributed by atoms with Crippen molar-refractivity contribution in [2.75, 3.05) is 5.73 Å². The van der Waals surface area contributed by atoms with Gasteiger partial charge in [-0.25, -0.2) is 4.79 Å². The standard InChI is InChI=1S/C14H10Cl3NO2/c15-11-2-1-3-12(16)10(11)7-20-14(19)9-5-4-8(18)6-13(9)17/h1-6H,7,18H2. The molecule has 0 aromatic heterocycles. The van der Waals surface area contributed by atoms with E-state index < -0.39 is 5.97 Å². The Balaban J connectivity index is 2.13. The molecule has 0 saturated heterocycles. The van der Waals surface area contributed by atoms with Gasteiger partial charge in [-0.3, -0.25) is 0 Å². The minimum atomic E-state index is -0.564. The number of benzene rings is 2. The lowest BCUT2D eigenvalue weighted by Gasteiger charge is -2.09. The smallest absolute Gasteiger partial charge is 0.339 e. The molecule has 2 N–H and O–H groups in total. The van der Waals surface area contributed by atoms with Gasteiger partial charge in [0.15, 0.2) is 0 Å². The summed E-state index contributed by atoms with van der Waals surface area (Å²) in [4.78, 5) is 11.9. The molecular formula is C14H10Cl3NO2. The number of ether oxygens (including phenoxy) is 1. The second kappa shape index (κ2) is 6.35. The van der Waals surface area contributed by atoms with Crippen molar-refractivity contribution >= 4 is 46.5 Å². The molecule has 0 aliphatic heterocycles. The number of anilines is 1. The normalized spacial score (nSPS) is 10.3. The number of carbonyl (C=O) groups is 1. The molecule has 0 bridgehead atoms. The maximum atomic E-state index is 11.9. The summed E-state index contributed by atoms with van der Waals surface area (Å²) in [5.41, 5.74) is 6.83. The van der Waals surface area contributed by atoms with E-state index in [1.165, 1.54) is 12.1 Å². The van der Waals surface area contributed by atoms with Gasteiger partial charge >= 0.3 is 5.97 Å². The van der Waals surface area contributed by atoms with Gasteiger partial charge in [0.2, 0.25) is 0 Å². The third kappa shape index (κ3) is 3.37. The van der Waals surface area contributed by atoms with E-state index in [2.05, 4.69) is 0 Å². The van der Waals surface area contributed by atoms with Gasteiger partial charge in [0.25, 0.3) is 0 Å². The number of rotatable bonds is 3. The maximum absolute atomic E-state index is 11.9. The Hall–Kier alpha value is -1.42. The average Bonchev–Trinajstić information content (AvgIpc) is 2.37. The van der Waals surface area contributed by atoms with Gasteiger partial charge in [-0.2, -0.15) is 0 Å². The summed E-state index contributed by atoms with van der Waals surface area (Å²) in [5, 5.41) is 1.11. The van der Waals surface area contributed by atoms with Crippen molar-refractivity contribution in [1.82, 2.24) is 0 Å². The zero-order chi connectivity index (χ0) is 14.7. The molecule has 3 nitrogen and oxygen atoms in total. The number of halogens is 3. The third-order valence-electron chi connectivity index (χ3n) is 2.62. The number of hydrogen-bond donors (Lipinski definition) is 1. The second-order valence-electron chi connectivity index (χ2n) is 4.02. The van der Waals surface area contributed by atoms with Gasteiger partial charge < -0.3 is 10.5 Å². The summed E-state index contributed by atoms with van der Waals surface area (Å²) < 4.78 is 5.16. The van der Waals surface area contributed by atoms with Crippen LogP contribution >= 0.6 is 34.8 Å². The number of esters is 1. The Morgan fingerprint density at radius 2 is 1.70 bits per heavy atom. The lowest BCUT2D eigenvalue weighted by atomic mass is 10.2. The van der Waals surface area contributed by atoms with Crippen LogP contribution in [0.1, 0.15) is 15.9 Å². The minimum absolute atomic E-state index is 0.0297. The minimum Gasteiger partial charge on any atom is -0.457 e. The lowest BCUT2D eigenvalue weighted by molar-refractivity contribution is 0.0473. The van der Waals surface area contributed by atoms with Gasteiger partial charge in [0.05, 0.1) is 10.6 Å². The molecule has 0 aliphatic carbocycles. The molecule has 0 saturated carbocycles. The van der Waals surface area contributed by atoms with Crippen molar-refractivity contribution in [3.05, 3.63) is 62.6 Å². The summed E-state index contributed by atoms with van der Waals surface area (Å²) in [6, 6.07) is 9.63. The fraction of sp³-hybridized carbons (Fsp3) is 0.0714. The van der Waals surface area contributed by atoms with Gasteiger partial charge in [-0.1, -0.05) is 40.9 Å². The molecule has 2 rings (SSSR count). The quantitative estimate of drug-likeness (QED) is 0.661. The van der Waals surface area contributed by atoms with E-state index in [0.29, 0.717) is 21.3 Å². The van der Waals surface area contributed by atoms with E-state index >= 15 is 0 Å². The van der Waals surface area contributed by atoms with Crippen molar-refractivity contribution in [1.29, 1.82) is 0 Å². The highest BCUT2D eigenvalue weighted by Gasteiger charge is 2.14. The van der Waals surface area contributed by atoms with Crippen LogP contribution in [0.25, 0.3) is 0 Å². The van der Waals surface area contributed by atoms with E-state index in [0.717, 1.165) is 0 Å². The number of nitrogen functional groups attached to an aromatic ring is 1. The molecule has 0 unspecified atom stereocenters. The molecule has 0 spiro atoms. The van der Waals surface area contributed by atoms with Crippen molar-refractivity contribution in [3.8, 4) is 0 Å². The molecule has 0 radical (unpaired) electrons. The van der Waals surface area contributed by atoms with Gasteiger partial charge in [0.1, 0.15) is 6.61 Å². The lowest BCUT2D eigenvalue weighted by Crippen LogP contribution is -2.07. The van der Waals surface area contributed by atoms with E-state index in [9.17, 15) is 4.79 Å². The van der Waals surface area contributed by atoms with E-state index in [4.69, 9.17) is 45.3 Å². The van der Waals surface area contributed by atoms with Gasteiger partial charge in [-0.15, -0.1) is 0 Å². The highest BCUT2D eigenvalue weighted by atomic mass is 35.5. The fourth-order valence-electron chi connectivity index (χ4n) is 1.58. The molecular weight excluding hydrogens is 321 g/mol. The first-order valence-corrected chi connectivity index (χ1v) is 6.77. The summed E-state index contributed by atoms with van der Waals surface area (Å²) in [7, 11) is 0. The fourth-order valence-corrected chi connectivity index (χ4v) is 2.36. The van der Waals surface area contributed by atoms with E-state index in [1.54, 1.807) is 24.3 Å². The van der Waals surface area contributed by atoms with Crippen molar-refractivity contribution in [2.45, 2.75) is 6.61 Å². The Morgan fingerprint density at radius 1 is 1.05 bits per heavy atom. The van der Waals surface area contributed by atoms with Crippen LogP contribution in [0.4, 0.5) is 5.69 Å². The molecule has 6 heteroatoms. The Morgan fingerprint density at radius 3 is 2.30 bits per heavy atom. The Kier molecular flexibility index (Phi) is 4.76. The van der Waals surface area contributed by atoms with Crippen LogP contribution in [0.15, 0.2) is 36.4 Å². The van der Waals surface area contributed by atoms with Crippen LogP contribution in [0, 0.1) is 0 Å². The zero-order valence-corrected chi connectivity index (χ0v) is 12.5. The summed E-state index contributed by atoms with van der Waals surface area (Å²) in [6.07, 6.45) is 0. The molecule has 0 atom stereocenters. The Labute approximate surface area is 131 Å². The number of hydrogen-bond acceptors (Lipinski definition) is 3. The zero-order valence-electron chi connectivity index (χ0n) is 10.2. The van der Waals surface area contributed by atoms with Crippen LogP contribution in [-0.4, -0.2) is 5.97 Å². The molecule has 0 heterocycles. The summed E-state index contributed by atoms with van der Waals surface area (Å²) in [6.45, 7) is -0.0297. The maximum Gasteiger partial charge on any atom is 0.339 e. The molecule has 20 heavy (non-hydrogen) atoms. The first-order chi connectivity index (χ1) is 9.49. The second-order valence-corrected chi connectivity index (χ2v) is 5.24. The van der Waals surface area contributed by atoms with Crippen LogP contribution in [0.2, 0.25) is 15.1 Å². The van der Waals surface area contributed by atoms with E-state index in [-0.39, 0.29) is 17.2 Å². The molecule has 104 valence electrons. The number of carbonyl (C=O) groups excluding carboxylic acids is 1. The molecule has 0 aliphatic rings.